The van der Waals surface area contributed by atoms with Crippen LogP contribution in [-0.2, 0) is 10.0 Å². The molecule has 0 saturated heterocycles. The second kappa shape index (κ2) is 6.68. The molecule has 0 fully saturated rings. The van der Waals surface area contributed by atoms with Crippen molar-refractivity contribution >= 4 is 38.6 Å². The normalized spacial score (nSPS) is 16.4. The third kappa shape index (κ3) is 3.36. The average molecular weight is 413 g/mol. The number of aryl methyl sites for hydroxylation is 1. The average Bonchev–Trinajstić information content (AvgIpc) is 3.05. The number of fused-ring (bicyclic) bond motifs is 3. The molecular formula is C19H19N5O4S. The van der Waals surface area contributed by atoms with Gasteiger partial charge in [0, 0.05) is 11.9 Å². The van der Waals surface area contributed by atoms with Crippen molar-refractivity contribution in [1.29, 1.82) is 0 Å². The maximum absolute atomic E-state index is 12.8. The summed E-state index contributed by atoms with van der Waals surface area (Å²) < 4.78 is 25.5. The van der Waals surface area contributed by atoms with Crippen LogP contribution >= 0.6 is 0 Å². The number of carbonyl (C=O) groups excluding carboxylic acids is 2. The van der Waals surface area contributed by atoms with E-state index in [1.54, 1.807) is 29.7 Å². The first kappa shape index (κ1) is 19.1. The molecule has 0 spiro atoms. The highest BCUT2D eigenvalue weighted by Crippen LogP contribution is 2.26. The maximum atomic E-state index is 12.8. The van der Waals surface area contributed by atoms with E-state index in [9.17, 15) is 18.0 Å². The number of anilines is 1. The number of pyridine rings is 1. The number of nitrogens with one attached hydrogen (secondary N) is 2. The number of aromatic nitrogens is 2. The first-order valence-corrected chi connectivity index (χ1v) is 10.4. The minimum Gasteiger partial charge on any atom is -0.349 e. The molecule has 0 bridgehead atoms. The minimum atomic E-state index is -4.02. The van der Waals surface area contributed by atoms with Crippen LogP contribution in [0, 0.1) is 6.92 Å². The second-order valence-corrected chi connectivity index (χ2v) is 8.60. The summed E-state index contributed by atoms with van der Waals surface area (Å²) in [6.07, 6.45) is 0. The van der Waals surface area contributed by atoms with E-state index in [0.29, 0.717) is 23.4 Å². The van der Waals surface area contributed by atoms with Crippen LogP contribution in [0.5, 0.6) is 0 Å². The van der Waals surface area contributed by atoms with Gasteiger partial charge in [-0.2, -0.15) is 0 Å². The van der Waals surface area contributed by atoms with E-state index in [1.807, 2.05) is 6.92 Å². The first-order valence-electron chi connectivity index (χ1n) is 8.90. The zero-order valence-corrected chi connectivity index (χ0v) is 16.6. The Morgan fingerprint density at radius 2 is 2.03 bits per heavy atom. The van der Waals surface area contributed by atoms with Gasteiger partial charge >= 0.3 is 0 Å². The molecule has 3 heterocycles. The SMILES string of the molecule is Cc1ccc(NC(=O)c2ccc3cc4n(c3n2)[C@H](C)CNC4=O)c(S(N)(=O)=O)c1. The fourth-order valence-corrected chi connectivity index (χ4v) is 4.20. The molecule has 4 rings (SSSR count). The van der Waals surface area contributed by atoms with E-state index in [-0.39, 0.29) is 28.2 Å². The zero-order valence-electron chi connectivity index (χ0n) is 15.8. The summed E-state index contributed by atoms with van der Waals surface area (Å²) in [5.41, 5.74) is 1.87. The van der Waals surface area contributed by atoms with Gasteiger partial charge in [0.2, 0.25) is 10.0 Å². The molecular weight excluding hydrogens is 394 g/mol. The quantitative estimate of drug-likeness (QED) is 0.598. The van der Waals surface area contributed by atoms with Crippen molar-refractivity contribution in [2.45, 2.75) is 24.8 Å². The summed E-state index contributed by atoms with van der Waals surface area (Å²) in [5.74, 6) is -0.770. The van der Waals surface area contributed by atoms with Crippen molar-refractivity contribution in [3.63, 3.8) is 0 Å². The van der Waals surface area contributed by atoms with Gasteiger partial charge in [0.25, 0.3) is 11.8 Å². The predicted molar refractivity (Wildman–Crippen MR) is 107 cm³/mol. The highest BCUT2D eigenvalue weighted by atomic mass is 32.2. The van der Waals surface area contributed by atoms with Crippen molar-refractivity contribution in [3.8, 4) is 0 Å². The third-order valence-corrected chi connectivity index (χ3v) is 5.79. The fraction of sp³-hybridized carbons (Fsp3) is 0.211. The summed E-state index contributed by atoms with van der Waals surface area (Å²) in [6.45, 7) is 4.14. The van der Waals surface area contributed by atoms with Gasteiger partial charge in [-0.3, -0.25) is 9.59 Å². The highest BCUT2D eigenvalue weighted by Gasteiger charge is 2.26. The molecule has 0 aliphatic carbocycles. The van der Waals surface area contributed by atoms with Crippen molar-refractivity contribution in [3.05, 3.63) is 53.3 Å². The molecule has 1 aliphatic heterocycles. The van der Waals surface area contributed by atoms with E-state index in [0.717, 1.165) is 5.39 Å². The van der Waals surface area contributed by atoms with Crippen LogP contribution in [0.4, 0.5) is 5.69 Å². The number of hydrogen-bond donors (Lipinski definition) is 3. The lowest BCUT2D eigenvalue weighted by Crippen LogP contribution is -2.37. The number of benzene rings is 1. The highest BCUT2D eigenvalue weighted by molar-refractivity contribution is 7.89. The molecule has 0 unspecified atom stereocenters. The van der Waals surface area contributed by atoms with Crippen LogP contribution in [0.2, 0.25) is 0 Å². The summed E-state index contributed by atoms with van der Waals surface area (Å²) >= 11 is 0. The molecule has 0 saturated carbocycles. The Balaban J connectivity index is 1.74. The summed E-state index contributed by atoms with van der Waals surface area (Å²) in [6, 6.07) is 9.49. The minimum absolute atomic E-state index is 0.0166. The fourth-order valence-electron chi connectivity index (χ4n) is 3.42. The number of primary sulfonamides is 1. The molecule has 0 radical (unpaired) electrons. The first-order chi connectivity index (χ1) is 13.6. The Kier molecular flexibility index (Phi) is 4.39. The largest absolute Gasteiger partial charge is 0.349 e. The Bertz CT molecular complexity index is 1280. The molecule has 1 atom stereocenters. The second-order valence-electron chi connectivity index (χ2n) is 7.07. The lowest BCUT2D eigenvalue weighted by atomic mass is 10.2. The van der Waals surface area contributed by atoms with Gasteiger partial charge in [0.15, 0.2) is 0 Å². The topological polar surface area (TPSA) is 136 Å². The summed E-state index contributed by atoms with van der Waals surface area (Å²) in [4.78, 5) is 29.1. The number of carbonyl (C=O) groups is 2. The van der Waals surface area contributed by atoms with Crippen molar-refractivity contribution < 1.29 is 18.0 Å². The van der Waals surface area contributed by atoms with Gasteiger partial charge in [-0.05, 0) is 49.7 Å². The van der Waals surface area contributed by atoms with Crippen molar-refractivity contribution in [2.75, 3.05) is 11.9 Å². The molecule has 3 aromatic rings. The van der Waals surface area contributed by atoms with Crippen LogP contribution in [0.3, 0.4) is 0 Å². The van der Waals surface area contributed by atoms with Crippen molar-refractivity contribution in [2.24, 2.45) is 5.14 Å². The molecule has 9 nitrogen and oxygen atoms in total. The number of sulfonamides is 1. The van der Waals surface area contributed by atoms with E-state index >= 15 is 0 Å². The number of nitrogens with zero attached hydrogens (tertiary/aromatic N) is 2. The van der Waals surface area contributed by atoms with E-state index in [1.165, 1.54) is 18.2 Å². The number of amides is 2. The van der Waals surface area contributed by atoms with Crippen LogP contribution in [0.15, 0.2) is 41.3 Å². The van der Waals surface area contributed by atoms with Gasteiger partial charge in [0.05, 0.1) is 11.7 Å². The van der Waals surface area contributed by atoms with Gasteiger partial charge in [0.1, 0.15) is 21.9 Å². The summed E-state index contributed by atoms with van der Waals surface area (Å²) in [7, 11) is -4.02. The van der Waals surface area contributed by atoms with Crippen LogP contribution in [0.1, 0.15) is 39.5 Å². The molecule has 150 valence electrons. The van der Waals surface area contributed by atoms with Gasteiger partial charge in [-0.15, -0.1) is 0 Å². The predicted octanol–water partition coefficient (Wildman–Crippen LogP) is 1.55. The van der Waals surface area contributed by atoms with Crippen LogP contribution in [0.25, 0.3) is 11.0 Å². The lowest BCUT2D eigenvalue weighted by molar-refractivity contribution is 0.0918. The Labute approximate surface area is 167 Å². The number of rotatable bonds is 3. The standard InChI is InChI=1S/C19H19N5O4S/c1-10-3-5-13(16(7-10)29(20,27)28)23-18(25)14-6-4-12-8-15-19(26)21-9-11(2)24(15)17(12)22-14/h3-8,11H,9H2,1-2H3,(H,21,26)(H,23,25)(H2,20,27,28)/t11-/m1/s1. The van der Waals surface area contributed by atoms with Crippen molar-refractivity contribution in [1.82, 2.24) is 14.9 Å². The van der Waals surface area contributed by atoms with Crippen LogP contribution in [-0.4, -0.2) is 36.3 Å². The Morgan fingerprint density at radius 3 is 2.76 bits per heavy atom. The number of hydrogen-bond acceptors (Lipinski definition) is 5. The molecule has 29 heavy (non-hydrogen) atoms. The summed E-state index contributed by atoms with van der Waals surface area (Å²) in [5, 5.41) is 11.4. The monoisotopic (exact) mass is 413 g/mol. The smallest absolute Gasteiger partial charge is 0.274 e. The zero-order chi connectivity index (χ0) is 20.9. The van der Waals surface area contributed by atoms with Gasteiger partial charge < -0.3 is 15.2 Å². The van der Waals surface area contributed by atoms with E-state index < -0.39 is 15.9 Å². The Morgan fingerprint density at radius 1 is 1.28 bits per heavy atom. The maximum Gasteiger partial charge on any atom is 0.274 e. The van der Waals surface area contributed by atoms with E-state index in [4.69, 9.17) is 5.14 Å². The van der Waals surface area contributed by atoms with Gasteiger partial charge in [-0.25, -0.2) is 18.5 Å². The molecule has 10 heteroatoms. The number of nitrogens with two attached hydrogens (primary N) is 1. The lowest BCUT2D eigenvalue weighted by Gasteiger charge is -2.23. The molecule has 1 aliphatic rings. The van der Waals surface area contributed by atoms with E-state index in [2.05, 4.69) is 15.6 Å². The molecule has 2 amide bonds. The third-order valence-electron chi connectivity index (χ3n) is 4.84. The molecule has 1 aromatic carbocycles. The molecule has 2 aromatic heterocycles. The Hall–Kier alpha value is -3.24. The van der Waals surface area contributed by atoms with Gasteiger partial charge in [-0.1, -0.05) is 6.07 Å². The van der Waals surface area contributed by atoms with Crippen LogP contribution < -0.4 is 15.8 Å². The molecule has 4 N–H and O–H groups in total.